The quantitative estimate of drug-likeness (QED) is 0.734. The monoisotopic (exact) mass is 366 g/mol. The number of phenols is 1. The molecule has 7 nitrogen and oxygen atoms in total. The Labute approximate surface area is 155 Å². The third-order valence-corrected chi connectivity index (χ3v) is 5.03. The number of carbonyl (C=O) groups is 1. The Kier molecular flexibility index (Phi) is 6.97. The van der Waals surface area contributed by atoms with E-state index in [0.29, 0.717) is 30.3 Å². The van der Waals surface area contributed by atoms with Gasteiger partial charge in [-0.2, -0.15) is 0 Å². The maximum absolute atomic E-state index is 13.0. The largest absolute Gasteiger partial charge is 0.504 e. The van der Waals surface area contributed by atoms with Crippen LogP contribution in [0.25, 0.3) is 0 Å². The Bertz CT molecular complexity index is 614. The van der Waals surface area contributed by atoms with Crippen LogP contribution < -0.4 is 19.5 Å². The van der Waals surface area contributed by atoms with Crippen LogP contribution >= 0.6 is 0 Å². The van der Waals surface area contributed by atoms with Crippen molar-refractivity contribution < 1.29 is 24.1 Å². The van der Waals surface area contributed by atoms with Crippen LogP contribution in [0.2, 0.25) is 0 Å². The number of hydrogen-bond acceptors (Lipinski definition) is 6. The van der Waals surface area contributed by atoms with Crippen molar-refractivity contribution in [2.75, 3.05) is 41.0 Å². The van der Waals surface area contributed by atoms with Gasteiger partial charge in [0, 0.05) is 18.2 Å². The first-order valence-electron chi connectivity index (χ1n) is 9.09. The van der Waals surface area contributed by atoms with Gasteiger partial charge in [0.05, 0.1) is 21.3 Å². The van der Waals surface area contributed by atoms with Crippen molar-refractivity contribution in [3.8, 4) is 23.0 Å². The van der Waals surface area contributed by atoms with Crippen LogP contribution in [0.15, 0.2) is 0 Å². The molecule has 0 aliphatic carbocycles. The number of ether oxygens (including phenoxy) is 3. The molecular weight excluding hydrogens is 336 g/mol. The lowest BCUT2D eigenvalue weighted by Crippen LogP contribution is -2.40. The lowest BCUT2D eigenvalue weighted by atomic mass is 10.0. The second kappa shape index (κ2) is 8.98. The van der Waals surface area contributed by atoms with E-state index in [4.69, 9.17) is 14.2 Å². The second-order valence-corrected chi connectivity index (χ2v) is 6.29. The van der Waals surface area contributed by atoms with E-state index in [1.54, 1.807) is 0 Å². The molecule has 1 atom stereocenters. The Balaban J connectivity index is 2.38. The molecule has 0 aromatic heterocycles. The van der Waals surface area contributed by atoms with Gasteiger partial charge in [-0.1, -0.05) is 13.8 Å². The van der Waals surface area contributed by atoms with Crippen LogP contribution in [0.4, 0.5) is 0 Å². The average molecular weight is 366 g/mol. The summed E-state index contributed by atoms with van der Waals surface area (Å²) in [5.74, 6) is 0.281. The van der Waals surface area contributed by atoms with Crippen LogP contribution in [0.1, 0.15) is 42.6 Å². The fourth-order valence-electron chi connectivity index (χ4n) is 3.70. The first-order valence-corrected chi connectivity index (χ1v) is 9.09. The van der Waals surface area contributed by atoms with Crippen molar-refractivity contribution in [3.05, 3.63) is 11.1 Å². The molecule has 26 heavy (non-hydrogen) atoms. The molecule has 7 heteroatoms. The minimum absolute atomic E-state index is 0.0619. The third-order valence-electron chi connectivity index (χ3n) is 5.03. The number of hydrogen-bond donors (Lipinski definition) is 2. The van der Waals surface area contributed by atoms with E-state index in [9.17, 15) is 9.90 Å². The minimum Gasteiger partial charge on any atom is -0.504 e. The summed E-state index contributed by atoms with van der Waals surface area (Å²) < 4.78 is 16.1. The molecule has 0 radical (unpaired) electrons. The van der Waals surface area contributed by atoms with Crippen LogP contribution in [0.5, 0.6) is 23.0 Å². The number of benzene rings is 1. The summed E-state index contributed by atoms with van der Waals surface area (Å²) in [6.45, 7) is 6.61. The number of amides is 1. The first kappa shape index (κ1) is 20.2. The zero-order chi connectivity index (χ0) is 19.3. The summed E-state index contributed by atoms with van der Waals surface area (Å²) in [6, 6.07) is 0.339. The first-order chi connectivity index (χ1) is 12.5. The maximum atomic E-state index is 13.0. The fraction of sp³-hybridized carbons (Fsp3) is 0.632. The molecule has 146 valence electrons. The van der Waals surface area contributed by atoms with Gasteiger partial charge in [0.25, 0.3) is 5.91 Å². The molecular formula is C19H30N2O5. The Morgan fingerprint density at radius 3 is 2.35 bits per heavy atom. The van der Waals surface area contributed by atoms with Gasteiger partial charge in [-0.3, -0.25) is 9.69 Å². The van der Waals surface area contributed by atoms with Gasteiger partial charge in [-0.25, -0.2) is 0 Å². The molecule has 1 heterocycles. The Morgan fingerprint density at radius 1 is 1.15 bits per heavy atom. The molecule has 0 unspecified atom stereocenters. The number of phenolic OH excluding ortho intramolecular Hbond substituents is 1. The summed E-state index contributed by atoms with van der Waals surface area (Å²) >= 11 is 0. The minimum atomic E-state index is -0.297. The standard InChI is InChI=1S/C19H30N2O5/c1-6-13-15(22)18(26-5)17(25-4)14(16(13)24-3)19(23)20-11-12-9-8-10-21(12)7-2/h12,22H,6-11H2,1-5H3,(H,20,23)/t12-/m0/s1. The Morgan fingerprint density at radius 2 is 1.81 bits per heavy atom. The summed E-state index contributed by atoms with van der Waals surface area (Å²) in [6.07, 6.45) is 2.71. The van der Waals surface area contributed by atoms with Crippen molar-refractivity contribution in [3.63, 3.8) is 0 Å². The highest BCUT2D eigenvalue weighted by Crippen LogP contribution is 2.48. The molecule has 2 N–H and O–H groups in total. The highest BCUT2D eigenvalue weighted by atomic mass is 16.5. The van der Waals surface area contributed by atoms with Gasteiger partial charge in [-0.05, 0) is 32.4 Å². The van der Waals surface area contributed by atoms with Gasteiger partial charge in [0.1, 0.15) is 11.3 Å². The highest BCUT2D eigenvalue weighted by Gasteiger charge is 2.30. The van der Waals surface area contributed by atoms with E-state index in [-0.39, 0.29) is 28.7 Å². The summed E-state index contributed by atoms with van der Waals surface area (Å²) in [7, 11) is 4.35. The predicted octanol–water partition coefficient (Wildman–Crippen LogP) is 2.19. The molecule has 1 aromatic carbocycles. The normalized spacial score (nSPS) is 17.2. The SMILES string of the molecule is CCc1c(O)c(OC)c(OC)c(C(=O)NC[C@@H]2CCCN2CC)c1OC. The summed E-state index contributed by atoms with van der Waals surface area (Å²) in [4.78, 5) is 15.3. The number of nitrogens with one attached hydrogen (secondary N) is 1. The highest BCUT2D eigenvalue weighted by molar-refractivity contribution is 6.02. The number of nitrogens with zero attached hydrogens (tertiary/aromatic N) is 1. The second-order valence-electron chi connectivity index (χ2n) is 6.29. The molecule has 1 aliphatic rings. The summed E-state index contributed by atoms with van der Waals surface area (Å²) in [5, 5.41) is 13.5. The van der Waals surface area contributed by atoms with Gasteiger partial charge in [0.15, 0.2) is 11.5 Å². The Hall–Kier alpha value is -2.15. The smallest absolute Gasteiger partial charge is 0.259 e. The van der Waals surface area contributed by atoms with Gasteiger partial charge < -0.3 is 24.6 Å². The van der Waals surface area contributed by atoms with E-state index in [1.807, 2.05) is 6.92 Å². The van der Waals surface area contributed by atoms with E-state index in [1.165, 1.54) is 21.3 Å². The molecule has 2 rings (SSSR count). The van der Waals surface area contributed by atoms with Crippen molar-refractivity contribution in [2.24, 2.45) is 0 Å². The molecule has 1 aliphatic heterocycles. The molecule has 1 saturated heterocycles. The van der Waals surface area contributed by atoms with E-state index < -0.39 is 0 Å². The number of likely N-dealkylation sites (N-methyl/N-ethyl adjacent to an activating group) is 1. The third kappa shape index (κ3) is 3.67. The topological polar surface area (TPSA) is 80.3 Å². The molecule has 0 spiro atoms. The van der Waals surface area contributed by atoms with Gasteiger partial charge >= 0.3 is 0 Å². The lowest BCUT2D eigenvalue weighted by Gasteiger charge is -2.24. The number of rotatable bonds is 8. The van der Waals surface area contributed by atoms with Gasteiger partial charge in [-0.15, -0.1) is 0 Å². The van der Waals surface area contributed by atoms with Crippen molar-refractivity contribution in [2.45, 2.75) is 39.2 Å². The zero-order valence-electron chi connectivity index (χ0n) is 16.3. The molecule has 1 fully saturated rings. The van der Waals surface area contributed by atoms with Crippen LogP contribution in [0.3, 0.4) is 0 Å². The van der Waals surface area contributed by atoms with Crippen LogP contribution in [0, 0.1) is 0 Å². The number of aromatic hydroxyl groups is 1. The fourth-order valence-corrected chi connectivity index (χ4v) is 3.70. The lowest BCUT2D eigenvalue weighted by molar-refractivity contribution is 0.0934. The average Bonchev–Trinajstić information content (AvgIpc) is 3.12. The molecule has 0 bridgehead atoms. The summed E-state index contributed by atoms with van der Waals surface area (Å²) in [5.41, 5.74) is 0.772. The van der Waals surface area contributed by atoms with E-state index in [2.05, 4.69) is 17.1 Å². The number of likely N-dealkylation sites (tertiary alicyclic amines) is 1. The van der Waals surface area contributed by atoms with Crippen molar-refractivity contribution in [1.29, 1.82) is 0 Å². The predicted molar refractivity (Wildman–Crippen MR) is 99.7 cm³/mol. The number of methoxy groups -OCH3 is 3. The van der Waals surface area contributed by atoms with E-state index >= 15 is 0 Å². The van der Waals surface area contributed by atoms with E-state index in [0.717, 1.165) is 25.9 Å². The molecule has 1 aromatic rings. The maximum Gasteiger partial charge on any atom is 0.259 e. The van der Waals surface area contributed by atoms with Crippen molar-refractivity contribution >= 4 is 5.91 Å². The van der Waals surface area contributed by atoms with Crippen LogP contribution in [-0.2, 0) is 6.42 Å². The van der Waals surface area contributed by atoms with Crippen molar-refractivity contribution in [1.82, 2.24) is 10.2 Å². The molecule has 0 saturated carbocycles. The zero-order valence-corrected chi connectivity index (χ0v) is 16.3. The molecule has 1 amide bonds. The van der Waals surface area contributed by atoms with Crippen LogP contribution in [-0.4, -0.2) is 62.9 Å². The van der Waals surface area contributed by atoms with Gasteiger partial charge in [0.2, 0.25) is 5.75 Å². The number of carbonyl (C=O) groups excluding carboxylic acids is 1.